The van der Waals surface area contributed by atoms with Crippen LogP contribution in [0.4, 0.5) is 0 Å². The standard InChI is InChI=1S/C15H11BrN2O5S2/c1-23-8-5-6(16)4-7-10(13(21)17-11(7)8)12-14(22)18(15(24)25-12)3-2-9(19)20/h4-5,22H,2-3H2,1H3,(H,19,20). The average molecular weight is 443 g/mol. The summed E-state index contributed by atoms with van der Waals surface area (Å²) < 4.78 is 7.53. The molecule has 2 N–H and O–H groups in total. The number of hydrogen-bond acceptors (Lipinski definition) is 6. The van der Waals surface area contributed by atoms with Crippen molar-refractivity contribution >= 4 is 56.9 Å². The SMILES string of the molecule is COc1cc(Br)cc2c1=NC(=O)C=2c1sc(=S)n(CCC(=O)O)c1O. The van der Waals surface area contributed by atoms with E-state index in [-0.39, 0.29) is 33.3 Å². The van der Waals surface area contributed by atoms with Crippen LogP contribution in [0.1, 0.15) is 11.3 Å². The van der Waals surface area contributed by atoms with Crippen LogP contribution in [0.2, 0.25) is 0 Å². The summed E-state index contributed by atoms with van der Waals surface area (Å²) in [5.74, 6) is -1.32. The summed E-state index contributed by atoms with van der Waals surface area (Å²) in [7, 11) is 1.48. The van der Waals surface area contributed by atoms with Crippen LogP contribution in [0.5, 0.6) is 11.6 Å². The first-order valence-electron chi connectivity index (χ1n) is 6.99. The minimum Gasteiger partial charge on any atom is -0.494 e. The van der Waals surface area contributed by atoms with Crippen molar-refractivity contribution in [2.75, 3.05) is 7.11 Å². The number of carbonyl (C=O) groups excluding carboxylic acids is 1. The molecule has 0 saturated heterocycles. The summed E-state index contributed by atoms with van der Waals surface area (Å²) >= 11 is 9.60. The van der Waals surface area contributed by atoms with Crippen molar-refractivity contribution in [1.29, 1.82) is 0 Å². The van der Waals surface area contributed by atoms with Gasteiger partial charge in [-0.1, -0.05) is 15.9 Å². The number of nitrogens with zero attached hydrogens (tertiary/aromatic N) is 2. The molecule has 0 aliphatic carbocycles. The number of benzene rings is 1. The number of carbonyl (C=O) groups is 2. The number of aliphatic carboxylic acids is 1. The monoisotopic (exact) mass is 442 g/mol. The summed E-state index contributed by atoms with van der Waals surface area (Å²) in [5.41, 5.74) is 0.220. The lowest BCUT2D eigenvalue weighted by Gasteiger charge is -2.03. The molecule has 0 atom stereocenters. The number of rotatable bonds is 5. The van der Waals surface area contributed by atoms with Gasteiger partial charge >= 0.3 is 5.97 Å². The summed E-state index contributed by atoms with van der Waals surface area (Å²) in [6, 6.07) is 3.41. The molecule has 2 heterocycles. The molecule has 10 heteroatoms. The molecule has 25 heavy (non-hydrogen) atoms. The second-order valence-corrected chi connectivity index (χ2v) is 7.67. The van der Waals surface area contributed by atoms with Crippen LogP contribution in [0.15, 0.2) is 21.6 Å². The van der Waals surface area contributed by atoms with Gasteiger partial charge in [-0.05, 0) is 24.4 Å². The Bertz CT molecular complexity index is 1090. The predicted molar refractivity (Wildman–Crippen MR) is 96.1 cm³/mol. The Balaban J connectivity index is 2.25. The lowest BCUT2D eigenvalue weighted by molar-refractivity contribution is -0.137. The summed E-state index contributed by atoms with van der Waals surface area (Å²) in [4.78, 5) is 27.5. The number of carboxylic acid groups (broad SMARTS) is 1. The van der Waals surface area contributed by atoms with Crippen molar-refractivity contribution in [3.8, 4) is 11.6 Å². The van der Waals surface area contributed by atoms with Gasteiger partial charge in [-0.3, -0.25) is 14.2 Å². The topological polar surface area (TPSA) is 101 Å². The number of ether oxygens (including phenoxy) is 1. The van der Waals surface area contributed by atoms with Crippen molar-refractivity contribution in [2.45, 2.75) is 13.0 Å². The number of fused-ring (bicyclic) bond motifs is 1. The Kier molecular flexibility index (Phi) is 4.76. The average Bonchev–Trinajstić information content (AvgIpc) is 3.00. The molecule has 1 aliphatic heterocycles. The van der Waals surface area contributed by atoms with Gasteiger partial charge in [0.05, 0.1) is 19.1 Å². The maximum atomic E-state index is 12.4. The van der Waals surface area contributed by atoms with E-state index < -0.39 is 11.9 Å². The zero-order valence-electron chi connectivity index (χ0n) is 12.8. The fourth-order valence-corrected chi connectivity index (χ4v) is 4.32. The van der Waals surface area contributed by atoms with Crippen molar-refractivity contribution in [2.24, 2.45) is 4.99 Å². The number of carboxylic acids is 1. The van der Waals surface area contributed by atoms with Crippen LogP contribution >= 0.6 is 39.5 Å². The number of aromatic hydroxyl groups is 1. The molecule has 0 spiro atoms. The highest BCUT2D eigenvalue weighted by atomic mass is 79.9. The van der Waals surface area contributed by atoms with E-state index >= 15 is 0 Å². The molecular weight excluding hydrogens is 432 g/mol. The molecule has 1 aromatic heterocycles. The largest absolute Gasteiger partial charge is 0.494 e. The zero-order valence-corrected chi connectivity index (χ0v) is 16.0. The molecule has 0 fully saturated rings. The van der Waals surface area contributed by atoms with E-state index in [0.29, 0.717) is 20.8 Å². The fourth-order valence-electron chi connectivity index (χ4n) is 2.49. The number of thiazole rings is 1. The van der Waals surface area contributed by atoms with Crippen LogP contribution in [-0.2, 0) is 16.1 Å². The van der Waals surface area contributed by atoms with Gasteiger partial charge in [0, 0.05) is 16.2 Å². The molecule has 0 saturated carbocycles. The van der Waals surface area contributed by atoms with Gasteiger partial charge in [0.15, 0.2) is 3.95 Å². The molecule has 1 aromatic carbocycles. The third-order valence-corrected chi connectivity index (χ3v) is 5.52. The van der Waals surface area contributed by atoms with Gasteiger partial charge in [0.25, 0.3) is 5.91 Å². The zero-order chi connectivity index (χ0) is 18.3. The van der Waals surface area contributed by atoms with E-state index in [9.17, 15) is 14.7 Å². The highest BCUT2D eigenvalue weighted by Crippen LogP contribution is 2.33. The van der Waals surface area contributed by atoms with Crippen LogP contribution in [0, 0.1) is 3.95 Å². The van der Waals surface area contributed by atoms with E-state index in [0.717, 1.165) is 11.3 Å². The van der Waals surface area contributed by atoms with Gasteiger partial charge in [-0.25, -0.2) is 4.99 Å². The fraction of sp³-hybridized carbons (Fsp3) is 0.200. The maximum Gasteiger partial charge on any atom is 0.305 e. The van der Waals surface area contributed by atoms with E-state index in [2.05, 4.69) is 20.9 Å². The molecule has 2 aromatic rings. The molecule has 3 rings (SSSR count). The minimum atomic E-state index is -1.01. The molecule has 0 unspecified atom stereocenters. The number of aromatic nitrogens is 1. The molecule has 1 aliphatic rings. The van der Waals surface area contributed by atoms with Crippen molar-refractivity contribution in [1.82, 2.24) is 4.57 Å². The second-order valence-electron chi connectivity index (χ2n) is 5.11. The Hall–Kier alpha value is -2.04. The van der Waals surface area contributed by atoms with Gasteiger partial charge in [-0.2, -0.15) is 0 Å². The van der Waals surface area contributed by atoms with E-state index in [1.807, 2.05) is 0 Å². The summed E-state index contributed by atoms with van der Waals surface area (Å²) in [5, 5.41) is 20.2. The minimum absolute atomic E-state index is 0.0176. The number of halogens is 1. The third-order valence-electron chi connectivity index (χ3n) is 3.60. The molecule has 0 bridgehead atoms. The first-order chi connectivity index (χ1) is 11.8. The Morgan fingerprint density at radius 3 is 2.84 bits per heavy atom. The molecule has 0 radical (unpaired) electrons. The van der Waals surface area contributed by atoms with Crippen LogP contribution in [0.3, 0.4) is 0 Å². The normalized spacial score (nSPS) is 12.9. The first-order valence-corrected chi connectivity index (χ1v) is 9.01. The Labute approximate surface area is 158 Å². The number of methoxy groups -OCH3 is 1. The van der Waals surface area contributed by atoms with Crippen molar-refractivity contribution in [3.05, 3.63) is 36.0 Å². The van der Waals surface area contributed by atoms with Crippen LogP contribution in [0.25, 0.3) is 5.57 Å². The van der Waals surface area contributed by atoms with Crippen LogP contribution in [-0.4, -0.2) is 33.8 Å². The molecule has 7 nitrogen and oxygen atoms in total. The Morgan fingerprint density at radius 1 is 1.48 bits per heavy atom. The van der Waals surface area contributed by atoms with Gasteiger partial charge < -0.3 is 14.9 Å². The first kappa shape index (κ1) is 17.8. The molecule has 1 amide bonds. The van der Waals surface area contributed by atoms with Crippen LogP contribution < -0.4 is 15.3 Å². The van der Waals surface area contributed by atoms with E-state index in [1.165, 1.54) is 11.7 Å². The summed E-state index contributed by atoms with van der Waals surface area (Å²) in [6.45, 7) is 0.0176. The van der Waals surface area contributed by atoms with Gasteiger partial charge in [0.1, 0.15) is 16.0 Å². The lowest BCUT2D eigenvalue weighted by Crippen LogP contribution is -2.25. The summed E-state index contributed by atoms with van der Waals surface area (Å²) in [6.07, 6.45) is -0.193. The third kappa shape index (κ3) is 3.12. The highest BCUT2D eigenvalue weighted by Gasteiger charge is 2.26. The van der Waals surface area contributed by atoms with Crippen molar-refractivity contribution < 1.29 is 24.5 Å². The second kappa shape index (κ2) is 6.70. The Morgan fingerprint density at radius 2 is 2.20 bits per heavy atom. The molecular formula is C15H11BrN2O5S2. The number of hydrogen-bond donors (Lipinski definition) is 2. The quantitative estimate of drug-likeness (QED) is 0.681. The highest BCUT2D eigenvalue weighted by molar-refractivity contribution is 9.10. The van der Waals surface area contributed by atoms with Crippen molar-refractivity contribution in [3.63, 3.8) is 0 Å². The van der Waals surface area contributed by atoms with E-state index in [4.69, 9.17) is 22.1 Å². The lowest BCUT2D eigenvalue weighted by atomic mass is 10.1. The van der Waals surface area contributed by atoms with E-state index in [1.54, 1.807) is 12.1 Å². The predicted octanol–water partition coefficient (Wildman–Crippen LogP) is 1.59. The maximum absolute atomic E-state index is 12.4. The molecule has 130 valence electrons. The van der Waals surface area contributed by atoms with Gasteiger partial charge in [-0.15, -0.1) is 11.3 Å². The van der Waals surface area contributed by atoms with Gasteiger partial charge in [0.2, 0.25) is 5.88 Å². The smallest absolute Gasteiger partial charge is 0.305 e. The number of amides is 1.